The van der Waals surface area contributed by atoms with Crippen molar-refractivity contribution in [3.63, 3.8) is 0 Å². The quantitative estimate of drug-likeness (QED) is 0.824. The van der Waals surface area contributed by atoms with Crippen LogP contribution in [0.2, 0.25) is 0 Å². The maximum absolute atomic E-state index is 12.2. The molecule has 0 heterocycles. The molecule has 104 valence electrons. The number of amides is 1. The van der Waals surface area contributed by atoms with Crippen LogP contribution < -0.4 is 11.1 Å². The Hall–Kier alpha value is -1.35. The summed E-state index contributed by atoms with van der Waals surface area (Å²) >= 11 is 0. The lowest BCUT2D eigenvalue weighted by Crippen LogP contribution is -2.40. The molecule has 1 atom stereocenters. The van der Waals surface area contributed by atoms with E-state index >= 15 is 0 Å². The van der Waals surface area contributed by atoms with Gasteiger partial charge < -0.3 is 11.1 Å². The van der Waals surface area contributed by atoms with Crippen LogP contribution in [0, 0.1) is 5.41 Å². The van der Waals surface area contributed by atoms with Gasteiger partial charge in [0.25, 0.3) is 0 Å². The Morgan fingerprint density at radius 3 is 2.84 bits per heavy atom. The van der Waals surface area contributed by atoms with Crippen LogP contribution in [0.25, 0.3) is 0 Å². The number of hydrogen-bond donors (Lipinski definition) is 2. The van der Waals surface area contributed by atoms with Gasteiger partial charge in [0.2, 0.25) is 5.91 Å². The maximum atomic E-state index is 12.2. The fraction of sp³-hybridized carbons (Fsp3) is 0.562. The molecular weight excluding hydrogens is 236 g/mol. The molecule has 3 N–H and O–H groups in total. The Labute approximate surface area is 115 Å². The van der Waals surface area contributed by atoms with Crippen LogP contribution in [0.1, 0.15) is 43.7 Å². The van der Waals surface area contributed by atoms with Crippen molar-refractivity contribution >= 4 is 5.91 Å². The highest BCUT2D eigenvalue weighted by molar-refractivity contribution is 5.86. The van der Waals surface area contributed by atoms with Gasteiger partial charge in [-0.25, -0.2) is 0 Å². The summed E-state index contributed by atoms with van der Waals surface area (Å²) in [7, 11) is 0. The van der Waals surface area contributed by atoms with Crippen molar-refractivity contribution in [3.05, 3.63) is 35.4 Å². The lowest BCUT2D eigenvalue weighted by atomic mass is 9.77. The molecule has 1 aliphatic carbocycles. The van der Waals surface area contributed by atoms with Crippen LogP contribution in [0.3, 0.4) is 0 Å². The van der Waals surface area contributed by atoms with Crippen LogP contribution in [-0.2, 0) is 11.2 Å². The zero-order chi connectivity index (χ0) is 13.9. The summed E-state index contributed by atoms with van der Waals surface area (Å²) in [5, 5.41) is 3.09. The SMILES string of the molecule is CC(C)(CCCN)CNC(=O)C1Cc2ccccc21. The van der Waals surface area contributed by atoms with Gasteiger partial charge >= 0.3 is 0 Å². The Morgan fingerprint density at radius 1 is 1.42 bits per heavy atom. The fourth-order valence-corrected chi connectivity index (χ4v) is 2.61. The first-order chi connectivity index (χ1) is 9.03. The molecule has 0 radical (unpaired) electrons. The number of hydrogen-bond acceptors (Lipinski definition) is 2. The van der Waals surface area contributed by atoms with Crippen molar-refractivity contribution in [3.8, 4) is 0 Å². The molecule has 0 saturated heterocycles. The number of benzene rings is 1. The molecule has 1 amide bonds. The van der Waals surface area contributed by atoms with Crippen molar-refractivity contribution < 1.29 is 4.79 Å². The van der Waals surface area contributed by atoms with Gasteiger partial charge in [-0.3, -0.25) is 4.79 Å². The molecule has 19 heavy (non-hydrogen) atoms. The number of carbonyl (C=O) groups excluding carboxylic acids is 1. The largest absolute Gasteiger partial charge is 0.355 e. The maximum Gasteiger partial charge on any atom is 0.227 e. The molecule has 0 aliphatic heterocycles. The Balaban J connectivity index is 1.83. The van der Waals surface area contributed by atoms with Crippen LogP contribution in [0.5, 0.6) is 0 Å². The first-order valence-electron chi connectivity index (χ1n) is 7.09. The molecule has 3 heteroatoms. The average Bonchev–Trinajstić information content (AvgIpc) is 2.36. The molecular formula is C16H24N2O. The first kappa shape index (κ1) is 14.1. The van der Waals surface area contributed by atoms with Crippen LogP contribution in [0.4, 0.5) is 0 Å². The van der Waals surface area contributed by atoms with Crippen molar-refractivity contribution in [2.75, 3.05) is 13.1 Å². The van der Waals surface area contributed by atoms with Gasteiger partial charge in [-0.05, 0) is 42.3 Å². The minimum atomic E-state index is 0.0570. The normalized spacial score (nSPS) is 17.5. The van der Waals surface area contributed by atoms with E-state index in [-0.39, 0.29) is 17.2 Å². The molecule has 3 nitrogen and oxygen atoms in total. The van der Waals surface area contributed by atoms with E-state index in [2.05, 4.69) is 31.3 Å². The summed E-state index contributed by atoms with van der Waals surface area (Å²) in [6.45, 7) is 5.80. The van der Waals surface area contributed by atoms with E-state index in [4.69, 9.17) is 5.73 Å². The summed E-state index contributed by atoms with van der Waals surface area (Å²) in [6.07, 6.45) is 2.94. The lowest BCUT2D eigenvalue weighted by molar-refractivity contribution is -0.123. The Bertz CT molecular complexity index is 454. The molecule has 1 aliphatic rings. The third-order valence-corrected chi connectivity index (χ3v) is 3.97. The van der Waals surface area contributed by atoms with Crippen molar-refractivity contribution in [1.82, 2.24) is 5.32 Å². The summed E-state index contributed by atoms with van der Waals surface area (Å²) < 4.78 is 0. The van der Waals surface area contributed by atoms with E-state index in [0.29, 0.717) is 6.54 Å². The number of rotatable bonds is 6. The zero-order valence-electron chi connectivity index (χ0n) is 11.9. The topological polar surface area (TPSA) is 55.1 Å². The number of fused-ring (bicyclic) bond motifs is 1. The average molecular weight is 260 g/mol. The predicted molar refractivity (Wildman–Crippen MR) is 78.0 cm³/mol. The van der Waals surface area contributed by atoms with Crippen LogP contribution in [-0.4, -0.2) is 19.0 Å². The number of nitrogens with one attached hydrogen (secondary N) is 1. The van der Waals surface area contributed by atoms with E-state index in [1.165, 1.54) is 11.1 Å². The molecule has 0 saturated carbocycles. The first-order valence-corrected chi connectivity index (χ1v) is 7.09. The molecule has 1 aromatic carbocycles. The number of carbonyl (C=O) groups is 1. The molecule has 1 unspecified atom stereocenters. The van der Waals surface area contributed by atoms with E-state index < -0.39 is 0 Å². The molecule has 2 rings (SSSR count). The lowest BCUT2D eigenvalue weighted by Gasteiger charge is -2.31. The van der Waals surface area contributed by atoms with Gasteiger partial charge in [0.1, 0.15) is 0 Å². The van der Waals surface area contributed by atoms with Gasteiger partial charge in [-0.15, -0.1) is 0 Å². The summed E-state index contributed by atoms with van der Waals surface area (Å²) in [4.78, 5) is 12.2. The highest BCUT2D eigenvalue weighted by Crippen LogP contribution is 2.35. The Morgan fingerprint density at radius 2 is 2.16 bits per heavy atom. The monoisotopic (exact) mass is 260 g/mol. The molecule has 0 spiro atoms. The number of nitrogens with two attached hydrogens (primary N) is 1. The summed E-state index contributed by atoms with van der Waals surface area (Å²) in [5.74, 6) is 0.223. The highest BCUT2D eigenvalue weighted by Gasteiger charge is 2.32. The van der Waals surface area contributed by atoms with E-state index in [9.17, 15) is 4.79 Å². The molecule has 0 bridgehead atoms. The van der Waals surface area contributed by atoms with Gasteiger partial charge in [0.05, 0.1) is 5.92 Å². The van der Waals surface area contributed by atoms with E-state index in [1.54, 1.807) is 0 Å². The highest BCUT2D eigenvalue weighted by atomic mass is 16.1. The summed E-state index contributed by atoms with van der Waals surface area (Å²) in [5.41, 5.74) is 8.16. The van der Waals surface area contributed by atoms with Crippen LogP contribution >= 0.6 is 0 Å². The second kappa shape index (κ2) is 5.74. The molecule has 0 aromatic heterocycles. The van der Waals surface area contributed by atoms with Crippen molar-refractivity contribution in [2.24, 2.45) is 11.1 Å². The fourth-order valence-electron chi connectivity index (χ4n) is 2.61. The second-order valence-electron chi connectivity index (χ2n) is 6.23. The Kier molecular flexibility index (Phi) is 4.25. The molecule has 1 aromatic rings. The standard InChI is InChI=1S/C16H24N2O/c1-16(2,8-5-9-17)11-18-15(19)14-10-12-6-3-4-7-13(12)14/h3-4,6-7,14H,5,8-11,17H2,1-2H3,(H,18,19). The third-order valence-electron chi connectivity index (χ3n) is 3.97. The van der Waals surface area contributed by atoms with Crippen LogP contribution in [0.15, 0.2) is 24.3 Å². The van der Waals surface area contributed by atoms with E-state index in [1.807, 2.05) is 12.1 Å². The van der Waals surface area contributed by atoms with Gasteiger partial charge in [-0.1, -0.05) is 38.1 Å². The minimum Gasteiger partial charge on any atom is -0.355 e. The van der Waals surface area contributed by atoms with Crippen molar-refractivity contribution in [1.29, 1.82) is 0 Å². The second-order valence-corrected chi connectivity index (χ2v) is 6.23. The zero-order valence-corrected chi connectivity index (χ0v) is 11.9. The van der Waals surface area contributed by atoms with E-state index in [0.717, 1.165) is 25.8 Å². The van der Waals surface area contributed by atoms with Gasteiger partial charge in [-0.2, -0.15) is 0 Å². The minimum absolute atomic E-state index is 0.0570. The molecule has 0 fully saturated rings. The summed E-state index contributed by atoms with van der Waals surface area (Å²) in [6, 6.07) is 8.19. The predicted octanol–water partition coefficient (Wildman–Crippen LogP) is 2.21. The van der Waals surface area contributed by atoms with Gasteiger partial charge in [0.15, 0.2) is 0 Å². The van der Waals surface area contributed by atoms with Gasteiger partial charge in [0, 0.05) is 6.54 Å². The third kappa shape index (κ3) is 3.35. The smallest absolute Gasteiger partial charge is 0.227 e. The van der Waals surface area contributed by atoms with Crippen molar-refractivity contribution in [2.45, 2.75) is 39.0 Å².